The summed E-state index contributed by atoms with van der Waals surface area (Å²) >= 11 is 11.8. The lowest BCUT2D eigenvalue weighted by Gasteiger charge is -1.97. The van der Waals surface area contributed by atoms with E-state index < -0.39 is 0 Å². The first-order valence-electron chi connectivity index (χ1n) is 5.26. The number of halogens is 2. The maximum absolute atomic E-state index is 5.90. The summed E-state index contributed by atoms with van der Waals surface area (Å²) in [6, 6.07) is 5.06. The fourth-order valence-electron chi connectivity index (χ4n) is 1.36. The van der Waals surface area contributed by atoms with Crippen LogP contribution in [0, 0.1) is 0 Å². The second-order valence-electron chi connectivity index (χ2n) is 3.51. The quantitative estimate of drug-likeness (QED) is 0.856. The van der Waals surface area contributed by atoms with Crippen molar-refractivity contribution in [1.29, 1.82) is 0 Å². The molecule has 2 rings (SSSR count). The minimum absolute atomic E-state index is 0.235. The second-order valence-corrected chi connectivity index (χ2v) is 4.38. The van der Waals surface area contributed by atoms with Crippen LogP contribution in [0.3, 0.4) is 0 Å². The molecule has 1 aromatic heterocycles. The highest BCUT2D eigenvalue weighted by molar-refractivity contribution is 6.35. The first-order chi connectivity index (χ1) is 8.69. The number of aromatic nitrogens is 2. The normalized spacial score (nSPS) is 10.8. The number of hydrogen-bond donors (Lipinski definition) is 1. The van der Waals surface area contributed by atoms with Crippen LogP contribution in [0.1, 0.15) is 5.89 Å². The Bertz CT molecular complexity index is 511. The molecule has 0 spiro atoms. The van der Waals surface area contributed by atoms with Crippen LogP contribution in [-0.2, 0) is 11.3 Å². The van der Waals surface area contributed by atoms with Gasteiger partial charge in [-0.25, -0.2) is 0 Å². The first-order valence-corrected chi connectivity index (χ1v) is 6.01. The Morgan fingerprint density at radius 1 is 1.22 bits per heavy atom. The maximum atomic E-state index is 5.90. The molecule has 7 heteroatoms. The van der Waals surface area contributed by atoms with E-state index in [-0.39, 0.29) is 6.61 Å². The Hall–Kier alpha value is -1.14. The monoisotopic (exact) mass is 287 g/mol. The van der Waals surface area contributed by atoms with Crippen molar-refractivity contribution >= 4 is 23.2 Å². The molecule has 0 bridgehead atoms. The van der Waals surface area contributed by atoms with Crippen molar-refractivity contribution in [2.24, 2.45) is 5.73 Å². The zero-order chi connectivity index (χ0) is 13.0. The van der Waals surface area contributed by atoms with Crippen LogP contribution < -0.4 is 5.73 Å². The van der Waals surface area contributed by atoms with Crippen molar-refractivity contribution in [3.63, 3.8) is 0 Å². The molecule has 0 fully saturated rings. The van der Waals surface area contributed by atoms with Crippen LogP contribution in [0.2, 0.25) is 10.0 Å². The molecular weight excluding hydrogens is 277 g/mol. The topological polar surface area (TPSA) is 74.2 Å². The van der Waals surface area contributed by atoms with Crippen molar-refractivity contribution in [2.75, 3.05) is 13.2 Å². The highest BCUT2D eigenvalue weighted by Gasteiger charge is 2.10. The molecule has 5 nitrogen and oxygen atoms in total. The van der Waals surface area contributed by atoms with E-state index >= 15 is 0 Å². The number of benzene rings is 1. The Kier molecular flexibility index (Phi) is 4.54. The maximum Gasteiger partial charge on any atom is 0.252 e. The highest BCUT2D eigenvalue weighted by Crippen LogP contribution is 2.25. The molecule has 2 N–H and O–H groups in total. The molecule has 0 saturated heterocycles. The van der Waals surface area contributed by atoms with Crippen molar-refractivity contribution in [2.45, 2.75) is 6.61 Å². The van der Waals surface area contributed by atoms with Gasteiger partial charge in [0.15, 0.2) is 0 Å². The van der Waals surface area contributed by atoms with E-state index in [1.807, 2.05) is 0 Å². The van der Waals surface area contributed by atoms with Gasteiger partial charge in [0.1, 0.15) is 6.61 Å². The fourth-order valence-corrected chi connectivity index (χ4v) is 1.88. The van der Waals surface area contributed by atoms with Gasteiger partial charge in [0.25, 0.3) is 5.89 Å². The van der Waals surface area contributed by atoms with Gasteiger partial charge in [-0.3, -0.25) is 0 Å². The zero-order valence-corrected chi connectivity index (χ0v) is 10.9. The molecule has 0 saturated carbocycles. The summed E-state index contributed by atoms with van der Waals surface area (Å²) in [5, 5.41) is 4.87. The molecule has 1 heterocycles. The molecule has 0 aliphatic rings. The molecule has 18 heavy (non-hydrogen) atoms. The van der Waals surface area contributed by atoms with Gasteiger partial charge >= 0.3 is 0 Å². The van der Waals surface area contributed by atoms with Gasteiger partial charge in [-0.1, -0.05) is 28.4 Å². The molecule has 1 aromatic carbocycles. The van der Waals surface area contributed by atoms with Crippen LogP contribution in [0.25, 0.3) is 11.4 Å². The summed E-state index contributed by atoms with van der Waals surface area (Å²) in [5.41, 5.74) is 6.00. The minimum atomic E-state index is 0.235. The zero-order valence-electron chi connectivity index (χ0n) is 9.40. The van der Waals surface area contributed by atoms with Gasteiger partial charge < -0.3 is 15.0 Å². The van der Waals surface area contributed by atoms with Crippen molar-refractivity contribution in [3.8, 4) is 11.4 Å². The van der Waals surface area contributed by atoms with Crippen LogP contribution in [0.4, 0.5) is 0 Å². The van der Waals surface area contributed by atoms with E-state index in [2.05, 4.69) is 10.1 Å². The molecular formula is C11H11Cl2N3O2. The van der Waals surface area contributed by atoms with Crippen LogP contribution in [-0.4, -0.2) is 23.3 Å². The van der Waals surface area contributed by atoms with Crippen molar-refractivity contribution < 1.29 is 9.26 Å². The average molecular weight is 288 g/mol. The molecule has 0 atom stereocenters. The van der Waals surface area contributed by atoms with E-state index in [0.717, 1.165) is 0 Å². The van der Waals surface area contributed by atoms with E-state index in [4.69, 9.17) is 38.2 Å². The lowest BCUT2D eigenvalue weighted by Crippen LogP contribution is -2.08. The largest absolute Gasteiger partial charge is 0.370 e. The average Bonchev–Trinajstić information content (AvgIpc) is 2.77. The van der Waals surface area contributed by atoms with E-state index in [9.17, 15) is 0 Å². The smallest absolute Gasteiger partial charge is 0.252 e. The third-order valence-electron chi connectivity index (χ3n) is 2.08. The number of hydrogen-bond acceptors (Lipinski definition) is 5. The standard InChI is InChI=1S/C11H11Cl2N3O2/c12-8-3-7(4-9(13)5-8)11-15-10(18-16-11)6-17-2-1-14/h3-5H,1-2,6,14H2. The molecule has 0 amide bonds. The Labute approximate surface area is 114 Å². The van der Waals surface area contributed by atoms with Gasteiger partial charge in [-0.15, -0.1) is 0 Å². The summed E-state index contributed by atoms with van der Waals surface area (Å²) in [4.78, 5) is 4.17. The lowest BCUT2D eigenvalue weighted by molar-refractivity contribution is 0.104. The van der Waals surface area contributed by atoms with Crippen molar-refractivity contribution in [1.82, 2.24) is 10.1 Å². The molecule has 0 aliphatic heterocycles. The predicted molar refractivity (Wildman–Crippen MR) is 68.5 cm³/mol. The molecule has 2 aromatic rings. The van der Waals surface area contributed by atoms with Crippen LogP contribution >= 0.6 is 23.2 Å². The van der Waals surface area contributed by atoms with E-state index in [1.165, 1.54) is 0 Å². The molecule has 0 radical (unpaired) electrons. The molecule has 0 aliphatic carbocycles. The summed E-state index contributed by atoms with van der Waals surface area (Å²) in [7, 11) is 0. The van der Waals surface area contributed by atoms with E-state index in [1.54, 1.807) is 18.2 Å². The summed E-state index contributed by atoms with van der Waals surface area (Å²) in [6.07, 6.45) is 0. The number of ether oxygens (including phenoxy) is 1. The number of nitrogens with two attached hydrogens (primary N) is 1. The van der Waals surface area contributed by atoms with Crippen LogP contribution in [0.5, 0.6) is 0 Å². The molecule has 96 valence electrons. The Morgan fingerprint density at radius 3 is 2.61 bits per heavy atom. The van der Waals surface area contributed by atoms with Crippen molar-refractivity contribution in [3.05, 3.63) is 34.1 Å². The van der Waals surface area contributed by atoms with Gasteiger partial charge in [-0.05, 0) is 18.2 Å². The summed E-state index contributed by atoms with van der Waals surface area (Å²) in [5.74, 6) is 0.806. The Morgan fingerprint density at radius 2 is 1.94 bits per heavy atom. The predicted octanol–water partition coefficient (Wildman–Crippen LogP) is 2.52. The molecule has 0 unspecified atom stereocenters. The highest BCUT2D eigenvalue weighted by atomic mass is 35.5. The van der Waals surface area contributed by atoms with Gasteiger partial charge in [-0.2, -0.15) is 4.98 Å². The third-order valence-corrected chi connectivity index (χ3v) is 2.51. The van der Waals surface area contributed by atoms with Gasteiger partial charge in [0.05, 0.1) is 6.61 Å². The lowest BCUT2D eigenvalue weighted by atomic mass is 10.2. The summed E-state index contributed by atoms with van der Waals surface area (Å²) in [6.45, 7) is 1.13. The fraction of sp³-hybridized carbons (Fsp3) is 0.273. The first kappa shape index (κ1) is 13.3. The SMILES string of the molecule is NCCOCc1nc(-c2cc(Cl)cc(Cl)c2)no1. The van der Waals surface area contributed by atoms with Gasteiger partial charge in [0.2, 0.25) is 5.82 Å². The van der Waals surface area contributed by atoms with Gasteiger partial charge in [0, 0.05) is 22.2 Å². The summed E-state index contributed by atoms with van der Waals surface area (Å²) < 4.78 is 10.2. The third kappa shape index (κ3) is 3.43. The number of rotatable bonds is 5. The second kappa shape index (κ2) is 6.15. The minimum Gasteiger partial charge on any atom is -0.370 e. The van der Waals surface area contributed by atoms with E-state index in [0.29, 0.717) is 40.5 Å². The Balaban J connectivity index is 2.13. The number of nitrogens with zero attached hydrogens (tertiary/aromatic N) is 2. The van der Waals surface area contributed by atoms with Crippen LogP contribution in [0.15, 0.2) is 22.7 Å².